The number of benzene rings is 2. The summed E-state index contributed by atoms with van der Waals surface area (Å²) in [4.78, 5) is 24.9. The SMILES string of the molecule is CCC(C(=O)OCC1(CO)C/C(=C/c2ccc(F)c(Br)c2)C(=O)O1)c1ccccc1. The van der Waals surface area contributed by atoms with Gasteiger partial charge in [-0.3, -0.25) is 4.79 Å². The third-order valence-corrected chi connectivity index (χ3v) is 5.64. The molecule has 0 spiro atoms. The number of aliphatic hydroxyl groups is 1. The summed E-state index contributed by atoms with van der Waals surface area (Å²) in [6, 6.07) is 13.6. The smallest absolute Gasteiger partial charge is 0.334 e. The van der Waals surface area contributed by atoms with Gasteiger partial charge in [0.15, 0.2) is 5.60 Å². The number of rotatable bonds is 7. The molecule has 0 aromatic heterocycles. The maximum Gasteiger partial charge on any atom is 0.334 e. The molecule has 1 fully saturated rings. The van der Waals surface area contributed by atoms with Gasteiger partial charge >= 0.3 is 11.9 Å². The van der Waals surface area contributed by atoms with E-state index in [-0.39, 0.29) is 17.5 Å². The van der Waals surface area contributed by atoms with Crippen LogP contribution in [0.25, 0.3) is 6.08 Å². The zero-order chi connectivity index (χ0) is 21.7. The second-order valence-electron chi connectivity index (χ2n) is 7.23. The first kappa shape index (κ1) is 22.2. The fraction of sp³-hybridized carbons (Fsp3) is 0.304. The Labute approximate surface area is 182 Å². The van der Waals surface area contributed by atoms with Crippen LogP contribution in [0.3, 0.4) is 0 Å². The Morgan fingerprint density at radius 3 is 2.70 bits per heavy atom. The highest BCUT2D eigenvalue weighted by atomic mass is 79.9. The van der Waals surface area contributed by atoms with E-state index in [9.17, 15) is 19.1 Å². The van der Waals surface area contributed by atoms with Crippen LogP contribution in [-0.2, 0) is 19.1 Å². The van der Waals surface area contributed by atoms with Gasteiger partial charge in [-0.05, 0) is 51.7 Å². The van der Waals surface area contributed by atoms with Crippen LogP contribution < -0.4 is 0 Å². The van der Waals surface area contributed by atoms with E-state index >= 15 is 0 Å². The summed E-state index contributed by atoms with van der Waals surface area (Å²) in [5, 5.41) is 9.87. The summed E-state index contributed by atoms with van der Waals surface area (Å²) >= 11 is 3.11. The van der Waals surface area contributed by atoms with Crippen LogP contribution in [0.4, 0.5) is 4.39 Å². The van der Waals surface area contributed by atoms with Gasteiger partial charge in [0.1, 0.15) is 12.4 Å². The second-order valence-corrected chi connectivity index (χ2v) is 8.08. The highest BCUT2D eigenvalue weighted by molar-refractivity contribution is 9.10. The van der Waals surface area contributed by atoms with Crippen molar-refractivity contribution in [1.82, 2.24) is 0 Å². The third-order valence-electron chi connectivity index (χ3n) is 5.03. The van der Waals surface area contributed by atoms with Crippen LogP contribution in [0.2, 0.25) is 0 Å². The molecule has 3 rings (SSSR count). The van der Waals surface area contributed by atoms with E-state index in [4.69, 9.17) is 9.47 Å². The van der Waals surface area contributed by atoms with Gasteiger partial charge in [-0.25, -0.2) is 9.18 Å². The van der Waals surface area contributed by atoms with E-state index in [0.29, 0.717) is 17.6 Å². The molecule has 1 heterocycles. The number of hydrogen-bond acceptors (Lipinski definition) is 5. The van der Waals surface area contributed by atoms with Crippen LogP contribution in [-0.4, -0.2) is 35.9 Å². The fourth-order valence-corrected chi connectivity index (χ4v) is 3.77. The fourth-order valence-electron chi connectivity index (χ4n) is 3.37. The normalized spacial score (nSPS) is 20.8. The molecule has 0 radical (unpaired) electrons. The first-order chi connectivity index (χ1) is 14.4. The van der Waals surface area contributed by atoms with Crippen LogP contribution in [0, 0.1) is 5.82 Å². The van der Waals surface area contributed by atoms with Crippen molar-refractivity contribution in [2.75, 3.05) is 13.2 Å². The monoisotopic (exact) mass is 476 g/mol. The van der Waals surface area contributed by atoms with Gasteiger partial charge in [0.25, 0.3) is 0 Å². The molecule has 2 atom stereocenters. The minimum atomic E-state index is -1.33. The molecule has 0 bridgehead atoms. The van der Waals surface area contributed by atoms with Gasteiger partial charge in [-0.2, -0.15) is 0 Å². The minimum absolute atomic E-state index is 0.0761. The number of cyclic esters (lactones) is 1. The molecular formula is C23H22BrFO5. The highest BCUT2D eigenvalue weighted by Crippen LogP contribution is 2.33. The summed E-state index contributed by atoms with van der Waals surface area (Å²) < 4.78 is 24.5. The Hall–Kier alpha value is -2.51. The van der Waals surface area contributed by atoms with Gasteiger partial charge < -0.3 is 14.6 Å². The summed E-state index contributed by atoms with van der Waals surface area (Å²) in [5.74, 6) is -1.89. The van der Waals surface area contributed by atoms with Crippen molar-refractivity contribution in [2.45, 2.75) is 31.3 Å². The number of hydrogen-bond donors (Lipinski definition) is 1. The molecule has 30 heavy (non-hydrogen) atoms. The van der Waals surface area contributed by atoms with E-state index in [1.807, 2.05) is 37.3 Å². The predicted octanol–water partition coefficient (Wildman–Crippen LogP) is 4.39. The summed E-state index contributed by atoms with van der Waals surface area (Å²) in [5.41, 5.74) is 0.434. The van der Waals surface area contributed by atoms with Crippen LogP contribution >= 0.6 is 15.9 Å². The molecule has 1 aliphatic rings. The van der Waals surface area contributed by atoms with Crippen molar-refractivity contribution in [2.24, 2.45) is 0 Å². The number of ether oxygens (including phenoxy) is 2. The highest BCUT2D eigenvalue weighted by Gasteiger charge is 2.45. The van der Waals surface area contributed by atoms with E-state index in [2.05, 4.69) is 15.9 Å². The van der Waals surface area contributed by atoms with Crippen LogP contribution in [0.5, 0.6) is 0 Å². The molecule has 0 aliphatic carbocycles. The van der Waals surface area contributed by atoms with Crippen LogP contribution in [0.15, 0.2) is 58.6 Å². The Kier molecular flexibility index (Phi) is 7.05. The Bertz CT molecular complexity index is 959. The van der Waals surface area contributed by atoms with Gasteiger partial charge in [-0.15, -0.1) is 0 Å². The zero-order valence-electron chi connectivity index (χ0n) is 16.4. The zero-order valence-corrected chi connectivity index (χ0v) is 18.0. The van der Waals surface area contributed by atoms with Crippen LogP contribution in [0.1, 0.15) is 36.8 Å². The minimum Gasteiger partial charge on any atom is -0.461 e. The lowest BCUT2D eigenvalue weighted by atomic mass is 9.96. The third kappa shape index (κ3) is 4.96. The molecule has 7 heteroatoms. The quantitative estimate of drug-likeness (QED) is 0.473. The maximum atomic E-state index is 13.4. The summed E-state index contributed by atoms with van der Waals surface area (Å²) in [6.07, 6.45) is 2.21. The number of aliphatic hydroxyl groups excluding tert-OH is 1. The molecule has 158 valence electrons. The molecule has 1 N–H and O–H groups in total. The van der Waals surface area contributed by atoms with Gasteiger partial charge in [0, 0.05) is 12.0 Å². The lowest BCUT2D eigenvalue weighted by Gasteiger charge is -2.25. The van der Waals surface area contributed by atoms with E-state index in [1.165, 1.54) is 12.1 Å². The number of carbonyl (C=O) groups is 2. The topological polar surface area (TPSA) is 72.8 Å². The predicted molar refractivity (Wildman–Crippen MR) is 113 cm³/mol. The van der Waals surface area contributed by atoms with Crippen molar-refractivity contribution in [1.29, 1.82) is 0 Å². The number of halogens is 2. The average molecular weight is 477 g/mol. The molecular weight excluding hydrogens is 455 g/mol. The lowest BCUT2D eigenvalue weighted by Crippen LogP contribution is -2.39. The maximum absolute atomic E-state index is 13.4. The second kappa shape index (κ2) is 9.53. The first-order valence-electron chi connectivity index (χ1n) is 9.59. The molecule has 1 saturated heterocycles. The molecule has 0 saturated carbocycles. The first-order valence-corrected chi connectivity index (χ1v) is 10.4. The molecule has 2 aromatic carbocycles. The number of esters is 2. The average Bonchev–Trinajstić information content (AvgIpc) is 3.06. The Morgan fingerprint density at radius 2 is 2.07 bits per heavy atom. The summed E-state index contributed by atoms with van der Waals surface area (Å²) in [6.45, 7) is 1.15. The largest absolute Gasteiger partial charge is 0.461 e. The number of carbonyl (C=O) groups excluding carboxylic acids is 2. The van der Waals surface area contributed by atoms with Gasteiger partial charge in [0.05, 0.1) is 17.0 Å². The molecule has 2 unspecified atom stereocenters. The van der Waals surface area contributed by atoms with Crippen molar-refractivity contribution < 1.29 is 28.6 Å². The van der Waals surface area contributed by atoms with E-state index < -0.39 is 35.9 Å². The van der Waals surface area contributed by atoms with Gasteiger partial charge in [0.2, 0.25) is 0 Å². The standard InChI is InChI=1S/C23H22BrFO5/c1-2-18(16-6-4-3-5-7-16)22(28)29-14-23(13-26)12-17(21(27)30-23)10-15-8-9-20(25)19(24)11-15/h3-11,18,26H,2,12-14H2,1H3/b17-10-. The molecule has 0 amide bonds. The van der Waals surface area contributed by atoms with Crippen molar-refractivity contribution >= 4 is 33.9 Å². The van der Waals surface area contributed by atoms with Crippen molar-refractivity contribution in [3.05, 3.63) is 75.5 Å². The molecule has 2 aromatic rings. The lowest BCUT2D eigenvalue weighted by molar-refractivity contribution is -0.167. The van der Waals surface area contributed by atoms with E-state index in [1.54, 1.807) is 12.1 Å². The van der Waals surface area contributed by atoms with Crippen molar-refractivity contribution in [3.8, 4) is 0 Å². The molecule has 5 nitrogen and oxygen atoms in total. The van der Waals surface area contributed by atoms with Crippen molar-refractivity contribution in [3.63, 3.8) is 0 Å². The van der Waals surface area contributed by atoms with E-state index in [0.717, 1.165) is 5.56 Å². The van der Waals surface area contributed by atoms with Gasteiger partial charge in [-0.1, -0.05) is 43.3 Å². The summed E-state index contributed by atoms with van der Waals surface area (Å²) in [7, 11) is 0. The Morgan fingerprint density at radius 1 is 1.33 bits per heavy atom. The Balaban J connectivity index is 1.71. The molecule has 1 aliphatic heterocycles.